The van der Waals surface area contributed by atoms with E-state index in [1.165, 1.54) is 10.4 Å². The minimum atomic E-state index is -0.00675. The van der Waals surface area contributed by atoms with Crippen LogP contribution in [0.15, 0.2) is 34.8 Å². The third-order valence-electron chi connectivity index (χ3n) is 3.09. The van der Waals surface area contributed by atoms with Crippen molar-refractivity contribution in [1.82, 2.24) is 5.32 Å². The maximum Gasteiger partial charge on any atom is 0.261 e. The molecule has 19 heavy (non-hydrogen) atoms. The Bertz CT molecular complexity index is 586. The SMILES string of the molecule is Cc1cc(C(=O)N[C@@H](C)c2cccc(Br)c2)sc1C. The van der Waals surface area contributed by atoms with Gasteiger partial charge in [-0.05, 0) is 50.1 Å². The van der Waals surface area contributed by atoms with Crippen molar-refractivity contribution in [3.05, 3.63) is 55.7 Å². The molecule has 1 atom stereocenters. The number of nitrogens with one attached hydrogen (secondary N) is 1. The summed E-state index contributed by atoms with van der Waals surface area (Å²) in [5.74, 6) is -0.00586. The molecule has 0 aliphatic rings. The van der Waals surface area contributed by atoms with Crippen LogP contribution in [0.1, 0.15) is 38.6 Å². The Morgan fingerprint density at radius 1 is 1.32 bits per heavy atom. The Balaban J connectivity index is 2.10. The summed E-state index contributed by atoms with van der Waals surface area (Å²) < 4.78 is 1.02. The lowest BCUT2D eigenvalue weighted by atomic mass is 10.1. The van der Waals surface area contributed by atoms with Crippen LogP contribution in [-0.2, 0) is 0 Å². The average molecular weight is 338 g/mol. The maximum absolute atomic E-state index is 12.2. The zero-order valence-electron chi connectivity index (χ0n) is 11.2. The molecule has 0 unspecified atom stereocenters. The van der Waals surface area contributed by atoms with E-state index in [1.54, 1.807) is 11.3 Å². The molecule has 1 heterocycles. The molecule has 100 valence electrons. The third-order valence-corrected chi connectivity index (χ3v) is 4.73. The van der Waals surface area contributed by atoms with Crippen molar-refractivity contribution >= 4 is 33.2 Å². The van der Waals surface area contributed by atoms with Gasteiger partial charge in [0.2, 0.25) is 0 Å². The molecule has 1 aromatic heterocycles. The van der Waals surface area contributed by atoms with Crippen LogP contribution in [0.5, 0.6) is 0 Å². The van der Waals surface area contributed by atoms with Crippen molar-refractivity contribution in [2.45, 2.75) is 26.8 Å². The first-order chi connectivity index (χ1) is 8.97. The lowest BCUT2D eigenvalue weighted by Gasteiger charge is -2.13. The molecule has 4 heteroatoms. The molecule has 1 amide bonds. The normalized spacial score (nSPS) is 12.2. The van der Waals surface area contributed by atoms with Gasteiger partial charge < -0.3 is 5.32 Å². The first-order valence-corrected chi connectivity index (χ1v) is 7.71. The summed E-state index contributed by atoms with van der Waals surface area (Å²) >= 11 is 4.99. The van der Waals surface area contributed by atoms with Crippen LogP contribution in [0, 0.1) is 13.8 Å². The molecule has 0 saturated carbocycles. The fraction of sp³-hybridized carbons (Fsp3) is 0.267. The van der Waals surface area contributed by atoms with E-state index in [1.807, 2.05) is 51.1 Å². The quantitative estimate of drug-likeness (QED) is 0.869. The number of carbonyl (C=O) groups is 1. The molecule has 1 aromatic carbocycles. The first kappa shape index (κ1) is 14.3. The number of carbonyl (C=O) groups excluding carboxylic acids is 1. The van der Waals surface area contributed by atoms with E-state index in [-0.39, 0.29) is 11.9 Å². The Hall–Kier alpha value is -1.13. The number of hydrogen-bond acceptors (Lipinski definition) is 2. The van der Waals surface area contributed by atoms with E-state index >= 15 is 0 Å². The summed E-state index contributed by atoms with van der Waals surface area (Å²) in [6.45, 7) is 6.06. The Morgan fingerprint density at radius 3 is 2.63 bits per heavy atom. The monoisotopic (exact) mass is 337 g/mol. The maximum atomic E-state index is 12.2. The van der Waals surface area contributed by atoms with E-state index in [2.05, 4.69) is 21.2 Å². The number of halogens is 1. The average Bonchev–Trinajstić information content (AvgIpc) is 2.69. The molecule has 0 bridgehead atoms. The second kappa shape index (κ2) is 5.88. The second-order valence-corrected chi connectivity index (χ2v) is 6.77. The van der Waals surface area contributed by atoms with Crippen LogP contribution in [0.4, 0.5) is 0 Å². The zero-order chi connectivity index (χ0) is 14.0. The molecule has 1 N–H and O–H groups in total. The van der Waals surface area contributed by atoms with Gasteiger partial charge >= 0.3 is 0 Å². The fourth-order valence-electron chi connectivity index (χ4n) is 1.81. The highest BCUT2D eigenvalue weighted by molar-refractivity contribution is 9.10. The van der Waals surface area contributed by atoms with Crippen molar-refractivity contribution in [1.29, 1.82) is 0 Å². The Morgan fingerprint density at radius 2 is 2.05 bits per heavy atom. The van der Waals surface area contributed by atoms with Gasteiger partial charge in [0.25, 0.3) is 5.91 Å². The Kier molecular flexibility index (Phi) is 4.42. The molecule has 0 spiro atoms. The van der Waals surface area contributed by atoms with Crippen molar-refractivity contribution in [3.63, 3.8) is 0 Å². The molecular weight excluding hydrogens is 322 g/mol. The van der Waals surface area contributed by atoms with Crippen molar-refractivity contribution in [2.24, 2.45) is 0 Å². The molecule has 2 nitrogen and oxygen atoms in total. The van der Waals surface area contributed by atoms with Gasteiger partial charge in [-0.3, -0.25) is 4.79 Å². The highest BCUT2D eigenvalue weighted by atomic mass is 79.9. The molecule has 0 fully saturated rings. The standard InChI is InChI=1S/C15H16BrNOS/c1-9-7-14(19-11(9)3)15(18)17-10(2)12-5-4-6-13(16)8-12/h4-8,10H,1-3H3,(H,17,18)/t10-/m0/s1. The highest BCUT2D eigenvalue weighted by Gasteiger charge is 2.14. The van der Waals surface area contributed by atoms with Crippen molar-refractivity contribution in [2.75, 3.05) is 0 Å². The van der Waals surface area contributed by atoms with Gasteiger partial charge in [0.05, 0.1) is 10.9 Å². The van der Waals surface area contributed by atoms with Crippen LogP contribution in [0.3, 0.4) is 0 Å². The smallest absolute Gasteiger partial charge is 0.261 e. The van der Waals surface area contributed by atoms with Gasteiger partial charge in [-0.15, -0.1) is 11.3 Å². The van der Waals surface area contributed by atoms with Crippen molar-refractivity contribution in [3.8, 4) is 0 Å². The molecule has 0 radical (unpaired) electrons. The van der Waals surface area contributed by atoms with Crippen LogP contribution < -0.4 is 5.32 Å². The summed E-state index contributed by atoms with van der Waals surface area (Å²) in [6, 6.07) is 9.93. The number of aryl methyl sites for hydroxylation is 2. The molecule has 0 saturated heterocycles. The molecule has 0 aliphatic heterocycles. The fourth-order valence-corrected chi connectivity index (χ4v) is 3.17. The molecular formula is C15H16BrNOS. The minimum absolute atomic E-state index is 0.00586. The van der Waals surface area contributed by atoms with Gasteiger partial charge in [-0.25, -0.2) is 0 Å². The largest absolute Gasteiger partial charge is 0.345 e. The van der Waals surface area contributed by atoms with Crippen LogP contribution in [-0.4, -0.2) is 5.91 Å². The van der Waals surface area contributed by atoms with Crippen LogP contribution in [0.25, 0.3) is 0 Å². The number of rotatable bonds is 3. The summed E-state index contributed by atoms with van der Waals surface area (Å²) in [6.07, 6.45) is 0. The van der Waals surface area contributed by atoms with Crippen LogP contribution in [0.2, 0.25) is 0 Å². The number of hydrogen-bond donors (Lipinski definition) is 1. The highest BCUT2D eigenvalue weighted by Crippen LogP contribution is 2.22. The Labute approximate surface area is 126 Å². The van der Waals surface area contributed by atoms with Gasteiger partial charge in [-0.1, -0.05) is 28.1 Å². The molecule has 0 aliphatic carbocycles. The summed E-state index contributed by atoms with van der Waals surface area (Å²) in [5.41, 5.74) is 2.26. The number of thiophene rings is 1. The lowest BCUT2D eigenvalue weighted by molar-refractivity contribution is 0.0944. The van der Waals surface area contributed by atoms with E-state index < -0.39 is 0 Å². The lowest BCUT2D eigenvalue weighted by Crippen LogP contribution is -2.25. The third kappa shape index (κ3) is 3.45. The minimum Gasteiger partial charge on any atom is -0.345 e. The zero-order valence-corrected chi connectivity index (χ0v) is 13.6. The molecule has 2 aromatic rings. The first-order valence-electron chi connectivity index (χ1n) is 6.10. The summed E-state index contributed by atoms with van der Waals surface area (Å²) in [7, 11) is 0. The van der Waals surface area contributed by atoms with E-state index in [9.17, 15) is 4.79 Å². The van der Waals surface area contributed by atoms with E-state index in [0.29, 0.717) is 0 Å². The number of amides is 1. The van der Waals surface area contributed by atoms with Gasteiger partial charge in [0, 0.05) is 9.35 Å². The van der Waals surface area contributed by atoms with Gasteiger partial charge in [0.1, 0.15) is 0 Å². The summed E-state index contributed by atoms with van der Waals surface area (Å²) in [4.78, 5) is 14.1. The summed E-state index contributed by atoms with van der Waals surface area (Å²) in [5, 5.41) is 3.03. The van der Waals surface area contributed by atoms with Crippen LogP contribution >= 0.6 is 27.3 Å². The predicted molar refractivity (Wildman–Crippen MR) is 83.8 cm³/mol. The van der Waals surface area contributed by atoms with Gasteiger partial charge in [0.15, 0.2) is 0 Å². The number of benzene rings is 1. The van der Waals surface area contributed by atoms with E-state index in [4.69, 9.17) is 0 Å². The van der Waals surface area contributed by atoms with Gasteiger partial charge in [-0.2, -0.15) is 0 Å². The van der Waals surface area contributed by atoms with Crippen molar-refractivity contribution < 1.29 is 4.79 Å². The molecule has 2 rings (SSSR count). The predicted octanol–water partition coefficient (Wildman–Crippen LogP) is 4.62. The second-order valence-electron chi connectivity index (χ2n) is 4.60. The van der Waals surface area contributed by atoms with E-state index in [0.717, 1.165) is 14.9 Å². The topological polar surface area (TPSA) is 29.1 Å².